The van der Waals surface area contributed by atoms with Gasteiger partial charge in [0.25, 0.3) is 0 Å². The van der Waals surface area contributed by atoms with Crippen molar-refractivity contribution >= 4 is 11.6 Å². The van der Waals surface area contributed by atoms with E-state index in [0.29, 0.717) is 23.0 Å². The number of aromatic nitrogens is 1. The van der Waals surface area contributed by atoms with Crippen LogP contribution in [-0.2, 0) is 16.1 Å². The summed E-state index contributed by atoms with van der Waals surface area (Å²) in [5, 5.41) is 6.85. The van der Waals surface area contributed by atoms with Gasteiger partial charge in [0.1, 0.15) is 12.3 Å². The first-order chi connectivity index (χ1) is 13.6. The lowest BCUT2D eigenvalue weighted by Gasteiger charge is -2.10. The minimum atomic E-state index is -0.215. The van der Waals surface area contributed by atoms with Gasteiger partial charge in [-0.15, -0.1) is 0 Å². The second kappa shape index (κ2) is 7.74. The van der Waals surface area contributed by atoms with Gasteiger partial charge >= 0.3 is 0 Å². The normalized spacial score (nSPS) is 12.2. The zero-order valence-corrected chi connectivity index (χ0v) is 15.7. The van der Waals surface area contributed by atoms with Gasteiger partial charge in [0.15, 0.2) is 17.3 Å². The van der Waals surface area contributed by atoms with Gasteiger partial charge < -0.3 is 24.1 Å². The summed E-state index contributed by atoms with van der Waals surface area (Å²) in [5.74, 6) is 1.77. The van der Waals surface area contributed by atoms with Gasteiger partial charge in [-0.2, -0.15) is 0 Å². The summed E-state index contributed by atoms with van der Waals surface area (Å²) in [7, 11) is 0. The molecule has 4 rings (SSSR count). The molecule has 28 heavy (non-hydrogen) atoms. The number of fused-ring (bicyclic) bond motifs is 1. The van der Waals surface area contributed by atoms with Gasteiger partial charge in [0, 0.05) is 17.3 Å². The van der Waals surface area contributed by atoms with E-state index in [1.54, 1.807) is 6.07 Å². The van der Waals surface area contributed by atoms with E-state index in [-0.39, 0.29) is 25.9 Å². The van der Waals surface area contributed by atoms with Crippen LogP contribution in [0.1, 0.15) is 16.8 Å². The average Bonchev–Trinajstić information content (AvgIpc) is 3.34. The second-order valence-corrected chi connectivity index (χ2v) is 6.54. The number of rotatable bonds is 6. The fraction of sp³-hybridized carbons (Fsp3) is 0.238. The van der Waals surface area contributed by atoms with Crippen LogP contribution in [0.15, 0.2) is 47.0 Å². The van der Waals surface area contributed by atoms with Crippen molar-refractivity contribution < 1.29 is 23.5 Å². The van der Waals surface area contributed by atoms with Crippen LogP contribution in [-0.4, -0.2) is 24.5 Å². The van der Waals surface area contributed by atoms with Gasteiger partial charge in [-0.3, -0.25) is 4.79 Å². The Bertz CT molecular complexity index is 1010. The van der Waals surface area contributed by atoms with E-state index in [0.717, 1.165) is 22.4 Å². The number of anilines is 1. The van der Waals surface area contributed by atoms with E-state index >= 15 is 0 Å². The fourth-order valence-electron chi connectivity index (χ4n) is 2.89. The van der Waals surface area contributed by atoms with Crippen LogP contribution in [0.25, 0.3) is 11.3 Å². The van der Waals surface area contributed by atoms with Gasteiger partial charge in [0.2, 0.25) is 12.7 Å². The molecule has 2 heterocycles. The summed E-state index contributed by atoms with van der Waals surface area (Å²) in [4.78, 5) is 12.1. The molecule has 0 radical (unpaired) electrons. The molecule has 3 aromatic rings. The van der Waals surface area contributed by atoms with Crippen molar-refractivity contribution in [1.82, 2.24) is 5.16 Å². The van der Waals surface area contributed by atoms with Crippen molar-refractivity contribution in [2.75, 3.05) is 18.7 Å². The maximum Gasteiger partial charge on any atom is 0.250 e. The lowest BCUT2D eigenvalue weighted by atomic mass is 10.1. The minimum absolute atomic E-state index is 0.0698. The first kappa shape index (κ1) is 18.1. The largest absolute Gasteiger partial charge is 0.454 e. The number of nitrogens with zero attached hydrogens (tertiary/aromatic N) is 1. The number of aryl methyl sites for hydroxylation is 1. The summed E-state index contributed by atoms with van der Waals surface area (Å²) in [5.41, 5.74) is 4.39. The minimum Gasteiger partial charge on any atom is -0.454 e. The highest BCUT2D eigenvalue weighted by molar-refractivity contribution is 5.92. The third-order valence-electron chi connectivity index (χ3n) is 4.58. The molecule has 1 aliphatic rings. The van der Waals surface area contributed by atoms with E-state index < -0.39 is 0 Å². The smallest absolute Gasteiger partial charge is 0.250 e. The van der Waals surface area contributed by atoms with Crippen molar-refractivity contribution in [1.29, 1.82) is 0 Å². The van der Waals surface area contributed by atoms with E-state index in [1.807, 2.05) is 50.2 Å². The number of amides is 1. The second-order valence-electron chi connectivity index (χ2n) is 6.54. The summed E-state index contributed by atoms with van der Waals surface area (Å²) in [6.45, 7) is 4.30. The van der Waals surface area contributed by atoms with Gasteiger partial charge in [-0.1, -0.05) is 17.3 Å². The lowest BCUT2D eigenvalue weighted by molar-refractivity contribution is -0.121. The number of hydrogen-bond acceptors (Lipinski definition) is 6. The molecule has 0 saturated heterocycles. The molecule has 0 fully saturated rings. The number of benzene rings is 2. The molecule has 0 saturated carbocycles. The molecule has 144 valence electrons. The molecule has 1 amide bonds. The maximum absolute atomic E-state index is 12.1. The van der Waals surface area contributed by atoms with Crippen molar-refractivity contribution in [3.63, 3.8) is 0 Å². The predicted octanol–water partition coefficient (Wildman–Crippen LogP) is 3.84. The van der Waals surface area contributed by atoms with Crippen LogP contribution < -0.4 is 14.8 Å². The quantitative estimate of drug-likeness (QED) is 0.700. The third kappa shape index (κ3) is 3.84. The summed E-state index contributed by atoms with van der Waals surface area (Å²) in [6, 6.07) is 13.1. The van der Waals surface area contributed by atoms with Crippen LogP contribution in [0.3, 0.4) is 0 Å². The van der Waals surface area contributed by atoms with E-state index in [9.17, 15) is 4.79 Å². The van der Waals surface area contributed by atoms with E-state index in [2.05, 4.69) is 10.5 Å². The summed E-state index contributed by atoms with van der Waals surface area (Å²) < 4.78 is 21.5. The number of carbonyl (C=O) groups excluding carboxylic acids is 1. The lowest BCUT2D eigenvalue weighted by Crippen LogP contribution is -2.19. The summed E-state index contributed by atoms with van der Waals surface area (Å²) >= 11 is 0. The van der Waals surface area contributed by atoms with E-state index in [4.69, 9.17) is 18.7 Å². The molecule has 0 aliphatic carbocycles. The third-order valence-corrected chi connectivity index (χ3v) is 4.58. The Morgan fingerprint density at radius 1 is 1.14 bits per heavy atom. The van der Waals surface area contributed by atoms with Gasteiger partial charge in [0.05, 0.1) is 6.61 Å². The number of nitrogens with one attached hydrogen (secondary N) is 1. The first-order valence-corrected chi connectivity index (χ1v) is 8.89. The van der Waals surface area contributed by atoms with Crippen molar-refractivity contribution in [2.45, 2.75) is 20.5 Å². The number of carbonyl (C=O) groups is 1. The summed E-state index contributed by atoms with van der Waals surface area (Å²) in [6.07, 6.45) is 0. The highest BCUT2D eigenvalue weighted by atomic mass is 16.7. The highest BCUT2D eigenvalue weighted by Crippen LogP contribution is 2.36. The topological polar surface area (TPSA) is 82.8 Å². The van der Waals surface area contributed by atoms with Crippen molar-refractivity contribution in [2.24, 2.45) is 0 Å². The fourth-order valence-corrected chi connectivity index (χ4v) is 2.89. The van der Waals surface area contributed by atoms with Gasteiger partial charge in [-0.05, 0) is 49.2 Å². The molecule has 7 heteroatoms. The number of hydrogen-bond donors (Lipinski definition) is 1. The monoisotopic (exact) mass is 380 g/mol. The molecule has 0 atom stereocenters. The molecule has 1 aliphatic heterocycles. The predicted molar refractivity (Wildman–Crippen MR) is 102 cm³/mol. The Kier molecular flexibility index (Phi) is 4.99. The van der Waals surface area contributed by atoms with Crippen LogP contribution in [0, 0.1) is 13.8 Å². The Balaban J connectivity index is 1.31. The molecule has 0 bridgehead atoms. The molecule has 1 N–H and O–H groups in total. The van der Waals surface area contributed by atoms with Crippen LogP contribution >= 0.6 is 0 Å². The SMILES string of the molecule is Cc1cccc(NC(=O)COCc2cc(-c3ccc4c(c3)OCO4)on2)c1C. The molecular weight excluding hydrogens is 360 g/mol. The molecule has 0 unspecified atom stereocenters. The first-order valence-electron chi connectivity index (χ1n) is 8.89. The Labute approximate surface area is 162 Å². The Morgan fingerprint density at radius 2 is 2.00 bits per heavy atom. The zero-order chi connectivity index (χ0) is 19.5. The molecule has 7 nitrogen and oxygen atoms in total. The molecule has 0 spiro atoms. The maximum atomic E-state index is 12.1. The zero-order valence-electron chi connectivity index (χ0n) is 15.7. The van der Waals surface area contributed by atoms with Crippen LogP contribution in [0.2, 0.25) is 0 Å². The molecular formula is C21H20N2O5. The standard InChI is InChI=1S/C21H20N2O5/c1-13-4-3-5-17(14(13)2)22-21(24)11-25-10-16-9-19(28-23-16)15-6-7-18-20(8-15)27-12-26-18/h3-9H,10-12H2,1-2H3,(H,22,24). The van der Waals surface area contributed by atoms with Crippen molar-refractivity contribution in [3.05, 3.63) is 59.3 Å². The van der Waals surface area contributed by atoms with Crippen LogP contribution in [0.5, 0.6) is 11.5 Å². The Morgan fingerprint density at radius 3 is 2.89 bits per heavy atom. The molecule has 2 aromatic carbocycles. The molecule has 1 aromatic heterocycles. The number of ether oxygens (including phenoxy) is 3. The van der Waals surface area contributed by atoms with Crippen LogP contribution in [0.4, 0.5) is 5.69 Å². The van der Waals surface area contributed by atoms with E-state index in [1.165, 1.54) is 0 Å². The Hall–Kier alpha value is -3.32. The van der Waals surface area contributed by atoms with Gasteiger partial charge in [-0.25, -0.2) is 0 Å². The average molecular weight is 380 g/mol. The highest BCUT2D eigenvalue weighted by Gasteiger charge is 2.16. The van der Waals surface area contributed by atoms with Crippen molar-refractivity contribution in [3.8, 4) is 22.8 Å².